The molecule has 0 aliphatic carbocycles. The van der Waals surface area contributed by atoms with Gasteiger partial charge in [0.25, 0.3) is 5.91 Å². The van der Waals surface area contributed by atoms with E-state index in [9.17, 15) is 10.1 Å². The number of benzene rings is 1. The summed E-state index contributed by atoms with van der Waals surface area (Å²) in [7, 11) is 1.56. The van der Waals surface area contributed by atoms with E-state index >= 15 is 0 Å². The Bertz CT molecular complexity index is 606. The molecular formula is C19H25BrN2O2. The minimum Gasteiger partial charge on any atom is -0.496 e. The largest absolute Gasteiger partial charge is 0.496 e. The van der Waals surface area contributed by atoms with Crippen LogP contribution in [0.15, 0.2) is 28.2 Å². The molecule has 0 atom stereocenters. The molecule has 1 aromatic rings. The van der Waals surface area contributed by atoms with Gasteiger partial charge in [-0.05, 0) is 30.7 Å². The Balaban J connectivity index is 2.58. The van der Waals surface area contributed by atoms with Gasteiger partial charge in [0.1, 0.15) is 17.4 Å². The van der Waals surface area contributed by atoms with Crippen molar-refractivity contribution in [1.29, 1.82) is 5.26 Å². The first-order chi connectivity index (χ1) is 11.6. The van der Waals surface area contributed by atoms with E-state index in [4.69, 9.17) is 4.74 Å². The van der Waals surface area contributed by atoms with E-state index in [1.165, 1.54) is 25.7 Å². The van der Waals surface area contributed by atoms with Crippen LogP contribution in [0.25, 0.3) is 6.08 Å². The number of hydrogen-bond acceptors (Lipinski definition) is 3. The van der Waals surface area contributed by atoms with Gasteiger partial charge in [0.05, 0.1) is 7.11 Å². The van der Waals surface area contributed by atoms with Crippen molar-refractivity contribution >= 4 is 27.9 Å². The number of carbonyl (C=O) groups excluding carboxylic acids is 1. The van der Waals surface area contributed by atoms with Crippen LogP contribution in [0.2, 0.25) is 0 Å². The molecule has 0 aliphatic rings. The summed E-state index contributed by atoms with van der Waals surface area (Å²) < 4.78 is 6.12. The average molecular weight is 393 g/mol. The summed E-state index contributed by atoms with van der Waals surface area (Å²) in [6.07, 6.45) is 8.53. The summed E-state index contributed by atoms with van der Waals surface area (Å²) in [5.74, 6) is 0.280. The number of nitrogens with one attached hydrogen (secondary N) is 1. The SMILES string of the molecule is CCCCCCCCNC(=O)/C(C#N)=C/c1cc(Br)ccc1OC. The van der Waals surface area contributed by atoms with Crippen LogP contribution in [0.5, 0.6) is 5.75 Å². The van der Waals surface area contributed by atoms with Crippen LogP contribution in [0, 0.1) is 11.3 Å². The molecule has 0 aliphatic heterocycles. The highest BCUT2D eigenvalue weighted by atomic mass is 79.9. The van der Waals surface area contributed by atoms with Gasteiger partial charge in [-0.3, -0.25) is 4.79 Å². The van der Waals surface area contributed by atoms with Gasteiger partial charge in [0.2, 0.25) is 0 Å². The molecule has 1 amide bonds. The molecule has 0 saturated heterocycles. The molecule has 0 heterocycles. The number of amides is 1. The van der Waals surface area contributed by atoms with E-state index in [2.05, 4.69) is 28.2 Å². The average Bonchev–Trinajstić information content (AvgIpc) is 2.58. The summed E-state index contributed by atoms with van der Waals surface area (Å²) in [5.41, 5.74) is 0.774. The topological polar surface area (TPSA) is 62.1 Å². The Labute approximate surface area is 153 Å². The number of nitrogens with zero attached hydrogens (tertiary/aromatic N) is 1. The van der Waals surface area contributed by atoms with E-state index < -0.39 is 0 Å². The summed E-state index contributed by atoms with van der Waals surface area (Å²) in [6, 6.07) is 7.42. The van der Waals surface area contributed by atoms with E-state index in [-0.39, 0.29) is 11.5 Å². The lowest BCUT2D eigenvalue weighted by Crippen LogP contribution is -2.25. The first kappa shape index (κ1) is 20.2. The monoisotopic (exact) mass is 392 g/mol. The minimum absolute atomic E-state index is 0.0809. The number of methoxy groups -OCH3 is 1. The van der Waals surface area contributed by atoms with E-state index in [0.29, 0.717) is 17.9 Å². The van der Waals surface area contributed by atoms with Crippen molar-refractivity contribution in [2.75, 3.05) is 13.7 Å². The Hall–Kier alpha value is -1.80. The van der Waals surface area contributed by atoms with Gasteiger partial charge in [0, 0.05) is 16.6 Å². The Kier molecular flexibility index (Phi) is 9.86. The van der Waals surface area contributed by atoms with Gasteiger partial charge in [-0.25, -0.2) is 0 Å². The second kappa shape index (κ2) is 11.7. The van der Waals surface area contributed by atoms with Crippen LogP contribution in [0.1, 0.15) is 51.0 Å². The van der Waals surface area contributed by atoms with Crippen molar-refractivity contribution in [2.24, 2.45) is 0 Å². The first-order valence-electron chi connectivity index (χ1n) is 8.36. The predicted molar refractivity (Wildman–Crippen MR) is 101 cm³/mol. The molecule has 0 spiro atoms. The smallest absolute Gasteiger partial charge is 0.261 e. The van der Waals surface area contributed by atoms with Crippen LogP contribution in [0.4, 0.5) is 0 Å². The molecular weight excluding hydrogens is 368 g/mol. The fourth-order valence-corrected chi connectivity index (χ4v) is 2.70. The zero-order valence-corrected chi connectivity index (χ0v) is 16.0. The van der Waals surface area contributed by atoms with Crippen LogP contribution in [-0.2, 0) is 4.79 Å². The van der Waals surface area contributed by atoms with Crippen molar-refractivity contribution in [3.63, 3.8) is 0 Å². The van der Waals surface area contributed by atoms with Crippen molar-refractivity contribution in [1.82, 2.24) is 5.32 Å². The van der Waals surface area contributed by atoms with Crippen LogP contribution >= 0.6 is 15.9 Å². The third-order valence-electron chi connectivity index (χ3n) is 3.67. The molecule has 0 aromatic heterocycles. The lowest BCUT2D eigenvalue weighted by molar-refractivity contribution is -0.117. The molecule has 1 aromatic carbocycles. The third kappa shape index (κ3) is 7.18. The van der Waals surface area contributed by atoms with Crippen molar-refractivity contribution in [3.8, 4) is 11.8 Å². The zero-order chi connectivity index (χ0) is 17.8. The van der Waals surface area contributed by atoms with Gasteiger partial charge in [0.15, 0.2) is 0 Å². The maximum atomic E-state index is 12.1. The number of ether oxygens (including phenoxy) is 1. The van der Waals surface area contributed by atoms with Gasteiger partial charge in [-0.1, -0.05) is 55.0 Å². The van der Waals surface area contributed by atoms with Gasteiger partial charge in [-0.15, -0.1) is 0 Å². The quantitative estimate of drug-likeness (QED) is 0.351. The molecule has 5 heteroatoms. The molecule has 0 saturated carbocycles. The lowest BCUT2D eigenvalue weighted by Gasteiger charge is -2.07. The van der Waals surface area contributed by atoms with Crippen LogP contribution in [-0.4, -0.2) is 19.6 Å². The van der Waals surface area contributed by atoms with Crippen molar-refractivity contribution < 1.29 is 9.53 Å². The summed E-state index contributed by atoms with van der Waals surface area (Å²) in [6.45, 7) is 2.79. The first-order valence-corrected chi connectivity index (χ1v) is 9.15. The molecule has 0 fully saturated rings. The molecule has 4 nitrogen and oxygen atoms in total. The molecule has 24 heavy (non-hydrogen) atoms. The van der Waals surface area contributed by atoms with Gasteiger partial charge < -0.3 is 10.1 Å². The molecule has 1 N–H and O–H groups in total. The van der Waals surface area contributed by atoms with E-state index in [1.54, 1.807) is 19.3 Å². The fourth-order valence-electron chi connectivity index (χ4n) is 2.32. The molecule has 0 bridgehead atoms. The number of hydrogen-bond donors (Lipinski definition) is 1. The van der Waals surface area contributed by atoms with E-state index in [1.807, 2.05) is 18.2 Å². The van der Waals surface area contributed by atoms with E-state index in [0.717, 1.165) is 17.3 Å². The van der Waals surface area contributed by atoms with Gasteiger partial charge in [-0.2, -0.15) is 5.26 Å². The maximum Gasteiger partial charge on any atom is 0.261 e. The predicted octanol–water partition coefficient (Wildman–Crippen LogP) is 4.84. The second-order valence-electron chi connectivity index (χ2n) is 5.58. The van der Waals surface area contributed by atoms with Crippen molar-refractivity contribution in [3.05, 3.63) is 33.8 Å². The summed E-state index contributed by atoms with van der Waals surface area (Å²) >= 11 is 3.38. The minimum atomic E-state index is -0.340. The number of nitriles is 1. The number of unbranched alkanes of at least 4 members (excludes halogenated alkanes) is 5. The highest BCUT2D eigenvalue weighted by Crippen LogP contribution is 2.25. The normalized spacial score (nSPS) is 11.0. The standard InChI is InChI=1S/C19H25BrN2O2/c1-3-4-5-6-7-8-11-22-19(23)16(14-21)12-15-13-17(20)9-10-18(15)24-2/h9-10,12-13H,3-8,11H2,1-2H3,(H,22,23)/b16-12+. The zero-order valence-electron chi connectivity index (χ0n) is 14.4. The third-order valence-corrected chi connectivity index (χ3v) is 4.17. The highest BCUT2D eigenvalue weighted by molar-refractivity contribution is 9.10. The Morgan fingerprint density at radius 3 is 2.67 bits per heavy atom. The van der Waals surface area contributed by atoms with Crippen molar-refractivity contribution in [2.45, 2.75) is 45.4 Å². The number of carbonyl (C=O) groups is 1. The number of halogens is 1. The van der Waals surface area contributed by atoms with Crippen LogP contribution < -0.4 is 10.1 Å². The fraction of sp³-hybridized carbons (Fsp3) is 0.474. The molecule has 1 rings (SSSR count). The molecule has 130 valence electrons. The lowest BCUT2D eigenvalue weighted by atomic mass is 10.1. The molecule has 0 unspecified atom stereocenters. The second-order valence-corrected chi connectivity index (χ2v) is 6.50. The maximum absolute atomic E-state index is 12.1. The summed E-state index contributed by atoms with van der Waals surface area (Å²) in [4.78, 5) is 12.1. The van der Waals surface area contributed by atoms with Crippen LogP contribution in [0.3, 0.4) is 0 Å². The Morgan fingerprint density at radius 1 is 1.29 bits per heavy atom. The molecule has 0 radical (unpaired) electrons. The van der Waals surface area contributed by atoms with Gasteiger partial charge >= 0.3 is 0 Å². The summed E-state index contributed by atoms with van der Waals surface area (Å²) in [5, 5.41) is 12.1. The highest BCUT2D eigenvalue weighted by Gasteiger charge is 2.10. The number of rotatable bonds is 10. The Morgan fingerprint density at radius 2 is 2.00 bits per heavy atom.